The number of aryl methyl sites for hydroxylation is 1. The average Bonchev–Trinajstić information content (AvgIpc) is 2.87. The summed E-state index contributed by atoms with van der Waals surface area (Å²) < 4.78 is 3.96. The molecule has 0 spiro atoms. The van der Waals surface area contributed by atoms with Crippen molar-refractivity contribution in [1.82, 2.24) is 19.3 Å². The number of hydrogen-bond donors (Lipinski definition) is 1. The Bertz CT molecular complexity index is 428. The van der Waals surface area contributed by atoms with Gasteiger partial charge in [0.1, 0.15) is 5.82 Å². The first-order chi connectivity index (χ1) is 7.33. The lowest BCUT2D eigenvalue weighted by Crippen LogP contribution is -2.07. The van der Waals surface area contributed by atoms with Gasteiger partial charge < -0.3 is 10.3 Å². The van der Waals surface area contributed by atoms with Crippen LogP contribution in [0.1, 0.15) is 18.3 Å². The van der Waals surface area contributed by atoms with Crippen LogP contribution in [-0.4, -0.2) is 19.3 Å². The summed E-state index contributed by atoms with van der Waals surface area (Å²) in [6, 6.07) is 0. The summed E-state index contributed by atoms with van der Waals surface area (Å²) in [5.41, 5.74) is 6.56. The molecule has 0 bridgehead atoms. The zero-order chi connectivity index (χ0) is 10.7. The fraction of sp³-hybridized carbons (Fsp3) is 0.400. The van der Waals surface area contributed by atoms with E-state index in [9.17, 15) is 0 Å². The van der Waals surface area contributed by atoms with Gasteiger partial charge in [0, 0.05) is 37.2 Å². The van der Waals surface area contributed by atoms with Gasteiger partial charge in [-0.2, -0.15) is 5.10 Å². The second kappa shape index (κ2) is 4.27. The van der Waals surface area contributed by atoms with Crippen molar-refractivity contribution in [3.63, 3.8) is 0 Å². The molecular formula is C10H15N5. The van der Waals surface area contributed by atoms with E-state index in [1.54, 1.807) is 6.20 Å². The first-order valence-electron chi connectivity index (χ1n) is 5.05. The van der Waals surface area contributed by atoms with Crippen molar-refractivity contribution in [2.24, 2.45) is 5.73 Å². The predicted octanol–water partition coefficient (Wildman–Crippen LogP) is 0.606. The second-order valence-corrected chi connectivity index (χ2v) is 3.38. The normalized spacial score (nSPS) is 10.8. The number of aromatic nitrogens is 4. The Morgan fingerprint density at radius 3 is 3.00 bits per heavy atom. The van der Waals surface area contributed by atoms with Crippen LogP contribution in [0.5, 0.6) is 0 Å². The van der Waals surface area contributed by atoms with Gasteiger partial charge in [-0.3, -0.25) is 4.68 Å². The molecule has 0 aromatic carbocycles. The molecule has 0 saturated carbocycles. The van der Waals surface area contributed by atoms with E-state index < -0.39 is 0 Å². The van der Waals surface area contributed by atoms with Gasteiger partial charge in [-0.25, -0.2) is 4.98 Å². The molecule has 5 heteroatoms. The molecule has 80 valence electrons. The third-order valence-electron chi connectivity index (χ3n) is 2.37. The zero-order valence-electron chi connectivity index (χ0n) is 8.80. The van der Waals surface area contributed by atoms with Crippen LogP contribution in [0.15, 0.2) is 24.8 Å². The summed E-state index contributed by atoms with van der Waals surface area (Å²) in [5, 5.41) is 4.22. The standard InChI is InChI=1S/C10H15N5/c1-2-14-4-3-12-10(14)8-15-7-9(5-11)6-13-15/h3-4,6-7H,2,5,8,11H2,1H3. The minimum absolute atomic E-state index is 0.530. The van der Waals surface area contributed by atoms with Crippen molar-refractivity contribution < 1.29 is 0 Å². The maximum absolute atomic E-state index is 5.52. The number of nitrogens with two attached hydrogens (primary N) is 1. The number of hydrogen-bond acceptors (Lipinski definition) is 3. The molecule has 5 nitrogen and oxygen atoms in total. The van der Waals surface area contributed by atoms with Crippen molar-refractivity contribution in [1.29, 1.82) is 0 Å². The topological polar surface area (TPSA) is 61.7 Å². The largest absolute Gasteiger partial charge is 0.334 e. The van der Waals surface area contributed by atoms with E-state index in [0.29, 0.717) is 13.1 Å². The van der Waals surface area contributed by atoms with Gasteiger partial charge in [-0.15, -0.1) is 0 Å². The van der Waals surface area contributed by atoms with Crippen LogP contribution in [0.4, 0.5) is 0 Å². The van der Waals surface area contributed by atoms with Crippen molar-refractivity contribution in [3.05, 3.63) is 36.2 Å². The van der Waals surface area contributed by atoms with Gasteiger partial charge in [-0.1, -0.05) is 0 Å². The van der Waals surface area contributed by atoms with Crippen LogP contribution < -0.4 is 5.73 Å². The Morgan fingerprint density at radius 2 is 2.33 bits per heavy atom. The van der Waals surface area contributed by atoms with Gasteiger partial charge in [0.15, 0.2) is 0 Å². The van der Waals surface area contributed by atoms with Crippen LogP contribution in [-0.2, 0) is 19.6 Å². The highest BCUT2D eigenvalue weighted by atomic mass is 15.3. The zero-order valence-corrected chi connectivity index (χ0v) is 8.80. The SMILES string of the molecule is CCn1ccnc1Cn1cc(CN)cn1. The van der Waals surface area contributed by atoms with Gasteiger partial charge >= 0.3 is 0 Å². The maximum atomic E-state index is 5.52. The summed E-state index contributed by atoms with van der Waals surface area (Å²) in [5.74, 6) is 1.02. The van der Waals surface area contributed by atoms with Crippen LogP contribution >= 0.6 is 0 Å². The Labute approximate surface area is 88.5 Å². The van der Waals surface area contributed by atoms with E-state index in [0.717, 1.165) is 17.9 Å². The molecule has 0 aliphatic carbocycles. The molecule has 0 fully saturated rings. The smallest absolute Gasteiger partial charge is 0.130 e. The molecule has 0 saturated heterocycles. The molecule has 15 heavy (non-hydrogen) atoms. The highest BCUT2D eigenvalue weighted by Crippen LogP contribution is 2.02. The lowest BCUT2D eigenvalue weighted by atomic mass is 10.4. The third-order valence-corrected chi connectivity index (χ3v) is 2.37. The fourth-order valence-electron chi connectivity index (χ4n) is 1.52. The number of nitrogens with zero attached hydrogens (tertiary/aromatic N) is 4. The Hall–Kier alpha value is -1.62. The lowest BCUT2D eigenvalue weighted by molar-refractivity contribution is 0.606. The highest BCUT2D eigenvalue weighted by Gasteiger charge is 2.03. The fourth-order valence-corrected chi connectivity index (χ4v) is 1.52. The monoisotopic (exact) mass is 205 g/mol. The van der Waals surface area contributed by atoms with Gasteiger partial charge in [0.25, 0.3) is 0 Å². The van der Waals surface area contributed by atoms with Gasteiger partial charge in [-0.05, 0) is 6.92 Å². The van der Waals surface area contributed by atoms with Crippen molar-refractivity contribution in [2.75, 3.05) is 0 Å². The molecule has 0 radical (unpaired) electrons. The second-order valence-electron chi connectivity index (χ2n) is 3.38. The van der Waals surface area contributed by atoms with E-state index in [2.05, 4.69) is 21.6 Å². The van der Waals surface area contributed by atoms with E-state index in [1.165, 1.54) is 0 Å². The number of imidazole rings is 1. The van der Waals surface area contributed by atoms with E-state index in [4.69, 9.17) is 5.73 Å². The first-order valence-corrected chi connectivity index (χ1v) is 5.05. The molecule has 0 atom stereocenters. The Morgan fingerprint density at radius 1 is 1.47 bits per heavy atom. The molecule has 2 rings (SSSR count). The van der Waals surface area contributed by atoms with Crippen LogP contribution in [0.2, 0.25) is 0 Å². The molecule has 2 aromatic rings. The van der Waals surface area contributed by atoms with Crippen LogP contribution in [0, 0.1) is 0 Å². The van der Waals surface area contributed by atoms with Crippen molar-refractivity contribution in [2.45, 2.75) is 26.6 Å². The molecule has 0 aliphatic heterocycles. The minimum atomic E-state index is 0.530. The molecule has 2 N–H and O–H groups in total. The molecule has 2 aromatic heterocycles. The molecular weight excluding hydrogens is 190 g/mol. The average molecular weight is 205 g/mol. The van der Waals surface area contributed by atoms with Gasteiger partial charge in [0.2, 0.25) is 0 Å². The Balaban J connectivity index is 2.14. The number of rotatable bonds is 4. The molecule has 0 aliphatic rings. The predicted molar refractivity (Wildman–Crippen MR) is 57.1 cm³/mol. The Kier molecular flexibility index (Phi) is 2.82. The molecule has 0 amide bonds. The maximum Gasteiger partial charge on any atom is 0.130 e. The summed E-state index contributed by atoms with van der Waals surface area (Å²) in [7, 11) is 0. The van der Waals surface area contributed by atoms with Crippen molar-refractivity contribution in [3.8, 4) is 0 Å². The minimum Gasteiger partial charge on any atom is -0.334 e. The summed E-state index contributed by atoms with van der Waals surface area (Å²) in [6.45, 7) is 4.25. The van der Waals surface area contributed by atoms with Gasteiger partial charge in [0.05, 0.1) is 12.7 Å². The molecule has 0 unspecified atom stereocenters. The van der Waals surface area contributed by atoms with Crippen molar-refractivity contribution >= 4 is 0 Å². The van der Waals surface area contributed by atoms with Crippen LogP contribution in [0.3, 0.4) is 0 Å². The summed E-state index contributed by atoms with van der Waals surface area (Å²) in [6.07, 6.45) is 7.53. The van der Waals surface area contributed by atoms with Crippen LogP contribution in [0.25, 0.3) is 0 Å². The van der Waals surface area contributed by atoms with E-state index >= 15 is 0 Å². The quantitative estimate of drug-likeness (QED) is 0.795. The van der Waals surface area contributed by atoms with E-state index in [-0.39, 0.29) is 0 Å². The first kappa shape index (κ1) is 9.92. The molecule has 2 heterocycles. The summed E-state index contributed by atoms with van der Waals surface area (Å²) in [4.78, 5) is 4.29. The highest BCUT2D eigenvalue weighted by molar-refractivity contribution is 5.04. The lowest BCUT2D eigenvalue weighted by Gasteiger charge is -2.04. The summed E-state index contributed by atoms with van der Waals surface area (Å²) >= 11 is 0. The third kappa shape index (κ3) is 2.07. The van der Waals surface area contributed by atoms with E-state index in [1.807, 2.05) is 23.3 Å².